The fraction of sp³-hybridized carbons (Fsp3) is 0. The summed E-state index contributed by atoms with van der Waals surface area (Å²) in [5.41, 5.74) is 5.81. The van der Waals surface area contributed by atoms with E-state index in [0.29, 0.717) is 0 Å². The number of rotatable bonds is 2. The Labute approximate surface area is 161 Å². The number of benzene rings is 4. The standard InChI is InChI=1S/C25H16N2O/c1-4-10-21-19(8-1)25(20-9-2-5-11-22(20)27-21)26-16-13-14-18-17-7-3-6-12-23(17)28-24(18)15-16/h1-15H,(H,26,27). The summed E-state index contributed by atoms with van der Waals surface area (Å²) in [7, 11) is 0. The second-order valence-corrected chi connectivity index (χ2v) is 6.96. The van der Waals surface area contributed by atoms with Crippen LogP contribution in [-0.4, -0.2) is 4.98 Å². The minimum absolute atomic E-state index is 0.883. The monoisotopic (exact) mass is 360 g/mol. The van der Waals surface area contributed by atoms with E-state index in [2.05, 4.69) is 53.8 Å². The highest BCUT2D eigenvalue weighted by Crippen LogP contribution is 2.35. The number of hydrogen-bond acceptors (Lipinski definition) is 3. The van der Waals surface area contributed by atoms with Gasteiger partial charge in [-0.3, -0.25) is 0 Å². The van der Waals surface area contributed by atoms with Gasteiger partial charge in [-0.1, -0.05) is 54.6 Å². The van der Waals surface area contributed by atoms with Crippen LogP contribution >= 0.6 is 0 Å². The van der Waals surface area contributed by atoms with Gasteiger partial charge in [-0.15, -0.1) is 0 Å². The molecule has 1 N–H and O–H groups in total. The number of aromatic nitrogens is 1. The Morgan fingerprint density at radius 3 is 1.93 bits per heavy atom. The van der Waals surface area contributed by atoms with Gasteiger partial charge in [0, 0.05) is 33.3 Å². The lowest BCUT2D eigenvalue weighted by molar-refractivity contribution is 0.669. The molecule has 4 aromatic carbocycles. The molecule has 0 unspecified atom stereocenters. The maximum atomic E-state index is 6.05. The van der Waals surface area contributed by atoms with Crippen LogP contribution in [-0.2, 0) is 0 Å². The fourth-order valence-electron chi connectivity index (χ4n) is 3.92. The second kappa shape index (κ2) is 5.83. The summed E-state index contributed by atoms with van der Waals surface area (Å²) in [6.07, 6.45) is 0. The molecular formula is C25H16N2O. The number of furan rings is 1. The molecule has 0 radical (unpaired) electrons. The summed E-state index contributed by atoms with van der Waals surface area (Å²) < 4.78 is 6.05. The van der Waals surface area contributed by atoms with Gasteiger partial charge in [0.2, 0.25) is 0 Å². The third-order valence-corrected chi connectivity index (χ3v) is 5.24. The molecule has 2 aromatic heterocycles. The summed E-state index contributed by atoms with van der Waals surface area (Å²) >= 11 is 0. The number of hydrogen-bond donors (Lipinski definition) is 1. The molecular weight excluding hydrogens is 344 g/mol. The first kappa shape index (κ1) is 15.2. The molecule has 0 aliphatic carbocycles. The minimum Gasteiger partial charge on any atom is -0.456 e. The summed E-state index contributed by atoms with van der Waals surface area (Å²) in [5.74, 6) is 0. The third-order valence-electron chi connectivity index (χ3n) is 5.24. The highest BCUT2D eigenvalue weighted by Gasteiger charge is 2.11. The Morgan fingerprint density at radius 2 is 1.18 bits per heavy atom. The van der Waals surface area contributed by atoms with Crippen LogP contribution in [0.4, 0.5) is 11.4 Å². The number of para-hydroxylation sites is 3. The van der Waals surface area contributed by atoms with Crippen molar-refractivity contribution in [1.29, 1.82) is 0 Å². The second-order valence-electron chi connectivity index (χ2n) is 6.96. The molecule has 6 rings (SSSR count). The average molecular weight is 360 g/mol. The first-order valence-corrected chi connectivity index (χ1v) is 9.33. The van der Waals surface area contributed by atoms with Crippen LogP contribution in [0.1, 0.15) is 0 Å². The van der Waals surface area contributed by atoms with Gasteiger partial charge < -0.3 is 9.73 Å². The quantitative estimate of drug-likeness (QED) is 0.337. The lowest BCUT2D eigenvalue weighted by Crippen LogP contribution is -1.95. The predicted molar refractivity (Wildman–Crippen MR) is 116 cm³/mol. The molecule has 0 fully saturated rings. The van der Waals surface area contributed by atoms with E-state index in [4.69, 9.17) is 9.40 Å². The molecule has 0 amide bonds. The average Bonchev–Trinajstić information content (AvgIpc) is 3.11. The Hall–Kier alpha value is -3.85. The van der Waals surface area contributed by atoms with Crippen LogP contribution < -0.4 is 5.32 Å². The fourth-order valence-corrected chi connectivity index (χ4v) is 3.92. The molecule has 0 aliphatic heterocycles. The van der Waals surface area contributed by atoms with Gasteiger partial charge in [0.05, 0.1) is 16.7 Å². The molecule has 2 heterocycles. The van der Waals surface area contributed by atoms with Crippen molar-refractivity contribution >= 4 is 55.1 Å². The Kier molecular flexibility index (Phi) is 3.17. The molecule has 3 heteroatoms. The maximum Gasteiger partial charge on any atom is 0.137 e. The molecule has 28 heavy (non-hydrogen) atoms. The minimum atomic E-state index is 0.883. The van der Waals surface area contributed by atoms with E-state index >= 15 is 0 Å². The highest BCUT2D eigenvalue weighted by molar-refractivity contribution is 6.10. The molecule has 132 valence electrons. The number of pyridine rings is 1. The van der Waals surface area contributed by atoms with Crippen LogP contribution in [0.3, 0.4) is 0 Å². The van der Waals surface area contributed by atoms with Crippen molar-refractivity contribution in [1.82, 2.24) is 4.98 Å². The van der Waals surface area contributed by atoms with E-state index < -0.39 is 0 Å². The molecule has 3 nitrogen and oxygen atoms in total. The van der Waals surface area contributed by atoms with E-state index in [1.54, 1.807) is 0 Å². The SMILES string of the molecule is c1ccc2c(Nc3ccc4c(c3)oc3ccccc34)c3ccccc3nc2c1. The first-order valence-electron chi connectivity index (χ1n) is 9.33. The third kappa shape index (κ3) is 2.26. The van der Waals surface area contributed by atoms with Gasteiger partial charge in [-0.25, -0.2) is 4.98 Å². The Morgan fingerprint density at radius 1 is 0.571 bits per heavy atom. The lowest BCUT2D eigenvalue weighted by Gasteiger charge is -2.13. The smallest absolute Gasteiger partial charge is 0.137 e. The van der Waals surface area contributed by atoms with E-state index in [1.807, 2.05) is 42.5 Å². The van der Waals surface area contributed by atoms with Crippen molar-refractivity contribution < 1.29 is 4.42 Å². The molecule has 0 bridgehead atoms. The number of anilines is 2. The van der Waals surface area contributed by atoms with Gasteiger partial charge in [0.15, 0.2) is 0 Å². The Bertz CT molecular complexity index is 1440. The summed E-state index contributed by atoms with van der Waals surface area (Å²) in [4.78, 5) is 4.80. The number of nitrogens with one attached hydrogen (secondary N) is 1. The zero-order valence-corrected chi connectivity index (χ0v) is 15.0. The maximum absolute atomic E-state index is 6.05. The van der Waals surface area contributed by atoms with Gasteiger partial charge in [-0.2, -0.15) is 0 Å². The summed E-state index contributed by atoms with van der Waals surface area (Å²) in [6, 6.07) is 30.9. The van der Waals surface area contributed by atoms with Gasteiger partial charge in [0.25, 0.3) is 0 Å². The summed E-state index contributed by atoms with van der Waals surface area (Å²) in [5, 5.41) is 8.10. The topological polar surface area (TPSA) is 38.1 Å². The zero-order valence-electron chi connectivity index (χ0n) is 15.0. The van der Waals surface area contributed by atoms with Crippen molar-refractivity contribution in [3.63, 3.8) is 0 Å². The van der Waals surface area contributed by atoms with Crippen molar-refractivity contribution in [2.75, 3.05) is 5.32 Å². The van der Waals surface area contributed by atoms with Crippen LogP contribution in [0.25, 0.3) is 43.7 Å². The van der Waals surface area contributed by atoms with E-state index in [-0.39, 0.29) is 0 Å². The van der Waals surface area contributed by atoms with Crippen LogP contribution in [0.2, 0.25) is 0 Å². The molecule has 6 aromatic rings. The lowest BCUT2D eigenvalue weighted by atomic mass is 10.1. The largest absolute Gasteiger partial charge is 0.456 e. The van der Waals surface area contributed by atoms with Crippen molar-refractivity contribution in [2.45, 2.75) is 0 Å². The number of nitrogens with zero attached hydrogens (tertiary/aromatic N) is 1. The van der Waals surface area contributed by atoms with Gasteiger partial charge >= 0.3 is 0 Å². The van der Waals surface area contributed by atoms with Gasteiger partial charge in [0.1, 0.15) is 11.2 Å². The predicted octanol–water partition coefficient (Wildman–Crippen LogP) is 7.03. The van der Waals surface area contributed by atoms with Crippen molar-refractivity contribution in [3.05, 3.63) is 91.0 Å². The highest BCUT2D eigenvalue weighted by atomic mass is 16.3. The molecule has 0 aliphatic rings. The number of fused-ring (bicyclic) bond motifs is 5. The van der Waals surface area contributed by atoms with E-state index in [0.717, 1.165) is 55.1 Å². The van der Waals surface area contributed by atoms with Crippen molar-refractivity contribution in [3.8, 4) is 0 Å². The molecule has 0 spiro atoms. The van der Waals surface area contributed by atoms with Crippen LogP contribution in [0, 0.1) is 0 Å². The first-order chi connectivity index (χ1) is 13.9. The normalized spacial score (nSPS) is 11.6. The summed E-state index contributed by atoms with van der Waals surface area (Å²) in [6.45, 7) is 0. The zero-order chi connectivity index (χ0) is 18.5. The molecule has 0 atom stereocenters. The Balaban J connectivity index is 1.56. The van der Waals surface area contributed by atoms with E-state index in [1.165, 1.54) is 0 Å². The van der Waals surface area contributed by atoms with Gasteiger partial charge in [-0.05, 0) is 30.3 Å². The van der Waals surface area contributed by atoms with Crippen molar-refractivity contribution in [2.24, 2.45) is 0 Å². The van der Waals surface area contributed by atoms with E-state index in [9.17, 15) is 0 Å². The molecule has 0 saturated heterocycles. The molecule has 0 saturated carbocycles. The van der Waals surface area contributed by atoms with Crippen LogP contribution in [0.15, 0.2) is 95.4 Å². The van der Waals surface area contributed by atoms with Crippen LogP contribution in [0.5, 0.6) is 0 Å².